The van der Waals surface area contributed by atoms with Gasteiger partial charge in [0.2, 0.25) is 0 Å². The lowest BCUT2D eigenvalue weighted by Gasteiger charge is -2.41. The SMILES string of the molecule is CC(C)CCC1C(=O)C(C(=O)CCc2ccc(Br)cc2)C(=O)C(CCC(C)C)(CCC(C)C)C1=O. The van der Waals surface area contributed by atoms with E-state index in [0.29, 0.717) is 43.4 Å². The highest BCUT2D eigenvalue weighted by atomic mass is 79.9. The Morgan fingerprint density at radius 1 is 0.829 bits per heavy atom. The molecule has 0 spiro atoms. The summed E-state index contributed by atoms with van der Waals surface area (Å²) in [7, 11) is 0. The Morgan fingerprint density at radius 2 is 1.34 bits per heavy atom. The maximum atomic E-state index is 14.0. The van der Waals surface area contributed by atoms with E-state index in [9.17, 15) is 19.2 Å². The monoisotopic (exact) mass is 546 g/mol. The summed E-state index contributed by atoms with van der Waals surface area (Å²) in [4.78, 5) is 54.9. The predicted octanol–water partition coefficient (Wildman–Crippen LogP) is 7.20. The van der Waals surface area contributed by atoms with Gasteiger partial charge in [0.15, 0.2) is 23.1 Å². The highest BCUT2D eigenvalue weighted by molar-refractivity contribution is 9.10. The van der Waals surface area contributed by atoms with Gasteiger partial charge in [-0.2, -0.15) is 0 Å². The van der Waals surface area contributed by atoms with Gasteiger partial charge in [-0.25, -0.2) is 0 Å². The van der Waals surface area contributed by atoms with Gasteiger partial charge in [0.25, 0.3) is 0 Å². The second kappa shape index (κ2) is 13.1. The number of carbonyl (C=O) groups excluding carboxylic acids is 4. The van der Waals surface area contributed by atoms with Crippen molar-refractivity contribution in [3.8, 4) is 0 Å². The molecule has 0 aliphatic heterocycles. The molecule has 1 saturated carbocycles. The Kier molecular flexibility index (Phi) is 11.1. The maximum absolute atomic E-state index is 14.0. The van der Waals surface area contributed by atoms with E-state index in [1.54, 1.807) is 0 Å². The van der Waals surface area contributed by atoms with Crippen LogP contribution in [0.5, 0.6) is 0 Å². The lowest BCUT2D eigenvalue weighted by molar-refractivity contribution is -0.160. The Morgan fingerprint density at radius 3 is 1.83 bits per heavy atom. The number of hydrogen-bond donors (Lipinski definition) is 0. The molecule has 0 bridgehead atoms. The summed E-state index contributed by atoms with van der Waals surface area (Å²) in [5, 5.41) is 0. The van der Waals surface area contributed by atoms with Crippen molar-refractivity contribution in [1.29, 1.82) is 0 Å². The summed E-state index contributed by atoms with van der Waals surface area (Å²) < 4.78 is 0.955. The minimum atomic E-state index is -1.31. The van der Waals surface area contributed by atoms with Crippen LogP contribution in [0.2, 0.25) is 0 Å². The van der Waals surface area contributed by atoms with Crippen molar-refractivity contribution in [3.05, 3.63) is 34.3 Å². The molecule has 0 amide bonds. The van der Waals surface area contributed by atoms with E-state index >= 15 is 0 Å². The maximum Gasteiger partial charge on any atom is 0.164 e. The first-order valence-corrected chi connectivity index (χ1v) is 14.1. The zero-order valence-corrected chi connectivity index (χ0v) is 23.9. The average molecular weight is 548 g/mol. The van der Waals surface area contributed by atoms with Gasteiger partial charge in [-0.1, -0.05) is 69.6 Å². The molecule has 4 nitrogen and oxygen atoms in total. The topological polar surface area (TPSA) is 68.3 Å². The first-order chi connectivity index (χ1) is 16.4. The molecule has 0 saturated heterocycles. The lowest BCUT2D eigenvalue weighted by atomic mass is 9.57. The third kappa shape index (κ3) is 7.68. The third-order valence-electron chi connectivity index (χ3n) is 7.37. The van der Waals surface area contributed by atoms with Gasteiger partial charge in [0.05, 0.1) is 11.3 Å². The van der Waals surface area contributed by atoms with E-state index in [1.807, 2.05) is 24.3 Å². The highest BCUT2D eigenvalue weighted by Gasteiger charge is 2.59. The van der Waals surface area contributed by atoms with Crippen LogP contribution in [0.25, 0.3) is 0 Å². The van der Waals surface area contributed by atoms with E-state index in [2.05, 4.69) is 57.5 Å². The van der Waals surface area contributed by atoms with E-state index in [4.69, 9.17) is 0 Å². The molecule has 2 unspecified atom stereocenters. The Balaban J connectivity index is 2.42. The minimum Gasteiger partial charge on any atom is -0.298 e. The molecule has 0 radical (unpaired) electrons. The number of hydrogen-bond acceptors (Lipinski definition) is 4. The predicted molar refractivity (Wildman–Crippen MR) is 144 cm³/mol. The number of aryl methyl sites for hydroxylation is 1. The third-order valence-corrected chi connectivity index (χ3v) is 7.90. The first kappa shape index (κ1) is 29.6. The molecular weight excluding hydrogens is 504 g/mol. The van der Waals surface area contributed by atoms with Gasteiger partial charge in [-0.05, 0) is 80.4 Å². The fourth-order valence-electron chi connectivity index (χ4n) is 5.02. The van der Waals surface area contributed by atoms with Crippen LogP contribution in [0.1, 0.15) is 92.1 Å². The zero-order valence-electron chi connectivity index (χ0n) is 22.4. The molecule has 0 heterocycles. The quantitative estimate of drug-likeness (QED) is 0.245. The molecular formula is C30H43BrO4. The van der Waals surface area contributed by atoms with Crippen LogP contribution < -0.4 is 0 Å². The Labute approximate surface area is 220 Å². The number of benzene rings is 1. The first-order valence-electron chi connectivity index (χ1n) is 13.3. The van der Waals surface area contributed by atoms with E-state index in [-0.39, 0.29) is 18.0 Å². The highest BCUT2D eigenvalue weighted by Crippen LogP contribution is 2.45. The van der Waals surface area contributed by atoms with Crippen LogP contribution in [-0.4, -0.2) is 23.1 Å². The molecule has 2 rings (SSSR count). The second-order valence-corrected chi connectivity index (χ2v) is 12.5. The minimum absolute atomic E-state index is 0.124. The van der Waals surface area contributed by atoms with E-state index in [1.165, 1.54) is 0 Å². The Hall–Kier alpha value is -1.62. The average Bonchev–Trinajstić information content (AvgIpc) is 2.78. The summed E-state index contributed by atoms with van der Waals surface area (Å²) in [6.45, 7) is 12.4. The summed E-state index contributed by atoms with van der Waals surface area (Å²) in [6.07, 6.45) is 4.04. The molecule has 35 heavy (non-hydrogen) atoms. The van der Waals surface area contributed by atoms with Gasteiger partial charge < -0.3 is 0 Å². The van der Waals surface area contributed by atoms with Crippen molar-refractivity contribution < 1.29 is 19.2 Å². The fourth-order valence-corrected chi connectivity index (χ4v) is 5.28. The molecule has 1 aliphatic rings. The molecule has 0 N–H and O–H groups in total. The van der Waals surface area contributed by atoms with Crippen LogP contribution in [0.15, 0.2) is 28.7 Å². The van der Waals surface area contributed by atoms with Crippen molar-refractivity contribution in [2.24, 2.45) is 35.0 Å². The van der Waals surface area contributed by atoms with Crippen molar-refractivity contribution in [3.63, 3.8) is 0 Å². The normalized spacial score (nSPS) is 20.3. The van der Waals surface area contributed by atoms with Gasteiger partial charge in [-0.3, -0.25) is 19.2 Å². The zero-order chi connectivity index (χ0) is 26.3. The van der Waals surface area contributed by atoms with Crippen LogP contribution in [-0.2, 0) is 25.6 Å². The molecule has 2 atom stereocenters. The number of carbonyl (C=O) groups is 4. The lowest BCUT2D eigenvalue weighted by Crippen LogP contribution is -2.58. The van der Waals surface area contributed by atoms with Crippen LogP contribution >= 0.6 is 15.9 Å². The van der Waals surface area contributed by atoms with Gasteiger partial charge in [-0.15, -0.1) is 0 Å². The van der Waals surface area contributed by atoms with Crippen LogP contribution in [0, 0.1) is 35.0 Å². The molecule has 1 aromatic rings. The summed E-state index contributed by atoms with van der Waals surface area (Å²) in [5.74, 6) is -2.60. The molecule has 0 aromatic heterocycles. The van der Waals surface area contributed by atoms with E-state index < -0.39 is 28.8 Å². The largest absolute Gasteiger partial charge is 0.298 e. The molecule has 5 heteroatoms. The van der Waals surface area contributed by atoms with Crippen molar-refractivity contribution in [2.75, 3.05) is 0 Å². The second-order valence-electron chi connectivity index (χ2n) is 11.6. The fraction of sp³-hybridized carbons (Fsp3) is 0.667. The summed E-state index contributed by atoms with van der Waals surface area (Å²) in [6, 6.07) is 7.71. The smallest absolute Gasteiger partial charge is 0.164 e. The number of rotatable bonds is 13. The molecule has 194 valence electrons. The van der Waals surface area contributed by atoms with Crippen molar-refractivity contribution >= 4 is 39.1 Å². The van der Waals surface area contributed by atoms with Crippen LogP contribution in [0.4, 0.5) is 0 Å². The molecule has 1 aromatic carbocycles. The van der Waals surface area contributed by atoms with Crippen molar-refractivity contribution in [2.45, 2.75) is 92.9 Å². The van der Waals surface area contributed by atoms with Gasteiger partial charge >= 0.3 is 0 Å². The van der Waals surface area contributed by atoms with Gasteiger partial charge in [0, 0.05) is 10.9 Å². The van der Waals surface area contributed by atoms with Crippen molar-refractivity contribution in [1.82, 2.24) is 0 Å². The number of Topliss-reactive ketones (excluding diaryl/α,β-unsaturated/α-hetero) is 4. The van der Waals surface area contributed by atoms with E-state index in [0.717, 1.165) is 29.3 Å². The molecule has 1 fully saturated rings. The number of halogens is 1. The summed E-state index contributed by atoms with van der Waals surface area (Å²) in [5.41, 5.74) is -0.238. The number of ketones is 4. The standard InChI is InChI=1S/C30H43BrO4/c1-19(2)7-13-24-27(33)26(25(32)14-10-22-8-11-23(31)12-9-22)29(35)30(28(24)34,17-15-20(3)4)18-16-21(5)6/h8-9,11-12,19-21,24,26H,7,10,13-18H2,1-6H3. The Bertz CT molecular complexity index is 885. The molecule has 1 aliphatic carbocycles. The summed E-state index contributed by atoms with van der Waals surface area (Å²) >= 11 is 3.41. The van der Waals surface area contributed by atoms with Gasteiger partial charge in [0.1, 0.15) is 5.92 Å². The van der Waals surface area contributed by atoms with Crippen LogP contribution in [0.3, 0.4) is 0 Å².